The highest BCUT2D eigenvalue weighted by Crippen LogP contribution is 2.18. The molecule has 1 amide bonds. The number of benzene rings is 1. The third-order valence-electron chi connectivity index (χ3n) is 3.31. The lowest BCUT2D eigenvalue weighted by molar-refractivity contribution is 0.0924. The smallest absolute Gasteiger partial charge is 0.291 e. The molecule has 0 aliphatic rings. The highest BCUT2D eigenvalue weighted by molar-refractivity contribution is 5.90. The number of H-pyrrole nitrogens is 1. The Balaban J connectivity index is 2.07. The number of aromatic nitrogens is 3. The van der Waals surface area contributed by atoms with Gasteiger partial charge in [0.2, 0.25) is 5.82 Å². The maximum Gasteiger partial charge on any atom is 0.291 e. The van der Waals surface area contributed by atoms with Gasteiger partial charge in [0.15, 0.2) is 0 Å². The van der Waals surface area contributed by atoms with Gasteiger partial charge in [-0.3, -0.25) is 9.89 Å². The fraction of sp³-hybridized carbons (Fsp3) is 0.438. The summed E-state index contributed by atoms with van der Waals surface area (Å²) in [6.07, 6.45) is 3.66. The summed E-state index contributed by atoms with van der Waals surface area (Å²) in [5.74, 6) is 0.751. The van der Waals surface area contributed by atoms with Crippen LogP contribution in [0.15, 0.2) is 30.3 Å². The largest absolute Gasteiger partial charge is 0.342 e. The summed E-state index contributed by atoms with van der Waals surface area (Å²) in [7, 11) is 0. The molecule has 0 aliphatic carbocycles. The van der Waals surface area contributed by atoms with Gasteiger partial charge < -0.3 is 5.32 Å². The van der Waals surface area contributed by atoms with E-state index in [2.05, 4.69) is 34.3 Å². The number of carbonyl (C=O) groups is 1. The molecule has 0 radical (unpaired) electrons. The van der Waals surface area contributed by atoms with E-state index in [0.717, 1.165) is 37.1 Å². The van der Waals surface area contributed by atoms with Crippen LogP contribution in [0.1, 0.15) is 61.2 Å². The van der Waals surface area contributed by atoms with Crippen molar-refractivity contribution in [2.45, 2.75) is 45.6 Å². The van der Waals surface area contributed by atoms with Crippen LogP contribution in [0.5, 0.6) is 0 Å². The van der Waals surface area contributed by atoms with E-state index in [9.17, 15) is 4.79 Å². The van der Waals surface area contributed by atoms with Gasteiger partial charge in [0.1, 0.15) is 5.82 Å². The molecule has 2 N–H and O–H groups in total. The van der Waals surface area contributed by atoms with Gasteiger partial charge >= 0.3 is 0 Å². The molecule has 1 unspecified atom stereocenters. The van der Waals surface area contributed by atoms with Gasteiger partial charge in [-0.05, 0) is 18.4 Å². The number of amides is 1. The summed E-state index contributed by atoms with van der Waals surface area (Å²) >= 11 is 0. The van der Waals surface area contributed by atoms with Crippen molar-refractivity contribution in [2.75, 3.05) is 0 Å². The number of nitrogens with one attached hydrogen (secondary N) is 2. The Morgan fingerprint density at radius 2 is 2.00 bits per heavy atom. The fourth-order valence-electron chi connectivity index (χ4n) is 2.26. The Hall–Kier alpha value is -2.17. The molecule has 5 heteroatoms. The van der Waals surface area contributed by atoms with Crippen LogP contribution in [-0.2, 0) is 6.42 Å². The zero-order chi connectivity index (χ0) is 15.1. The predicted molar refractivity (Wildman–Crippen MR) is 81.9 cm³/mol. The van der Waals surface area contributed by atoms with E-state index in [0.29, 0.717) is 0 Å². The Morgan fingerprint density at radius 3 is 2.67 bits per heavy atom. The first kappa shape index (κ1) is 15.2. The molecule has 0 aliphatic heterocycles. The van der Waals surface area contributed by atoms with E-state index < -0.39 is 0 Å². The van der Waals surface area contributed by atoms with Crippen molar-refractivity contribution >= 4 is 5.91 Å². The summed E-state index contributed by atoms with van der Waals surface area (Å²) in [5, 5.41) is 9.83. The van der Waals surface area contributed by atoms with E-state index in [4.69, 9.17) is 0 Å². The number of carbonyl (C=O) groups excluding carboxylic acids is 1. The first-order valence-electron chi connectivity index (χ1n) is 7.51. The van der Waals surface area contributed by atoms with Gasteiger partial charge in [-0.2, -0.15) is 0 Å². The molecule has 5 nitrogen and oxygen atoms in total. The van der Waals surface area contributed by atoms with Crippen LogP contribution >= 0.6 is 0 Å². The lowest BCUT2D eigenvalue weighted by Crippen LogP contribution is -2.29. The van der Waals surface area contributed by atoms with Gasteiger partial charge in [0.05, 0.1) is 6.04 Å². The van der Waals surface area contributed by atoms with Crippen LogP contribution < -0.4 is 5.32 Å². The number of rotatable bonds is 7. The third kappa shape index (κ3) is 4.15. The standard InChI is InChI=1S/C16H22N4O/c1-3-8-13(12-10-6-5-7-11-12)17-16(21)15-18-14(9-4-2)19-20-15/h5-7,10-11,13H,3-4,8-9H2,1-2H3,(H,17,21)(H,18,19,20). The molecular weight excluding hydrogens is 264 g/mol. The molecule has 0 fully saturated rings. The number of aromatic amines is 1. The van der Waals surface area contributed by atoms with E-state index in [1.807, 2.05) is 30.3 Å². The normalized spacial score (nSPS) is 12.1. The van der Waals surface area contributed by atoms with E-state index in [1.54, 1.807) is 0 Å². The van der Waals surface area contributed by atoms with Crippen molar-refractivity contribution in [1.82, 2.24) is 20.5 Å². The number of hydrogen-bond acceptors (Lipinski definition) is 3. The average Bonchev–Trinajstić information content (AvgIpc) is 2.97. The van der Waals surface area contributed by atoms with Crippen LogP contribution in [0.25, 0.3) is 0 Å². The molecule has 0 spiro atoms. The van der Waals surface area contributed by atoms with Gasteiger partial charge in [0, 0.05) is 6.42 Å². The SMILES string of the molecule is CCCc1nc(C(=O)NC(CCC)c2ccccc2)n[nH]1. The van der Waals surface area contributed by atoms with Crippen LogP contribution in [0.2, 0.25) is 0 Å². The summed E-state index contributed by atoms with van der Waals surface area (Å²) in [4.78, 5) is 16.5. The minimum absolute atomic E-state index is 0.00294. The molecule has 1 aromatic heterocycles. The molecular formula is C16H22N4O. The van der Waals surface area contributed by atoms with E-state index in [-0.39, 0.29) is 17.8 Å². The zero-order valence-electron chi connectivity index (χ0n) is 12.6. The van der Waals surface area contributed by atoms with Crippen molar-refractivity contribution < 1.29 is 4.79 Å². The minimum Gasteiger partial charge on any atom is -0.342 e. The second kappa shape index (κ2) is 7.57. The molecule has 1 heterocycles. The molecule has 0 bridgehead atoms. The first-order valence-corrected chi connectivity index (χ1v) is 7.51. The summed E-state index contributed by atoms with van der Waals surface area (Å²) in [6.45, 7) is 4.17. The summed E-state index contributed by atoms with van der Waals surface area (Å²) in [5.41, 5.74) is 1.11. The second-order valence-electron chi connectivity index (χ2n) is 5.08. The topological polar surface area (TPSA) is 70.7 Å². The Bertz CT molecular complexity index is 565. The lowest BCUT2D eigenvalue weighted by Gasteiger charge is -2.17. The van der Waals surface area contributed by atoms with Crippen LogP contribution in [-0.4, -0.2) is 21.1 Å². The quantitative estimate of drug-likeness (QED) is 0.822. The Kier molecular flexibility index (Phi) is 5.49. The van der Waals surface area contributed by atoms with Crippen LogP contribution in [0.3, 0.4) is 0 Å². The molecule has 0 saturated heterocycles. The summed E-state index contributed by atoms with van der Waals surface area (Å²) < 4.78 is 0. The maximum absolute atomic E-state index is 12.3. The second-order valence-corrected chi connectivity index (χ2v) is 5.08. The first-order chi connectivity index (χ1) is 10.2. The van der Waals surface area contributed by atoms with Gasteiger partial charge in [-0.25, -0.2) is 4.98 Å². The minimum atomic E-state index is -0.226. The maximum atomic E-state index is 12.3. The molecule has 112 valence electrons. The van der Waals surface area contributed by atoms with Crippen LogP contribution in [0, 0.1) is 0 Å². The van der Waals surface area contributed by atoms with Crippen molar-refractivity contribution in [3.05, 3.63) is 47.5 Å². The monoisotopic (exact) mass is 286 g/mol. The highest BCUT2D eigenvalue weighted by atomic mass is 16.2. The van der Waals surface area contributed by atoms with Gasteiger partial charge in [-0.1, -0.05) is 50.6 Å². The Morgan fingerprint density at radius 1 is 1.24 bits per heavy atom. The lowest BCUT2D eigenvalue weighted by atomic mass is 10.0. The number of hydrogen-bond donors (Lipinski definition) is 2. The molecule has 0 saturated carbocycles. The molecule has 21 heavy (non-hydrogen) atoms. The van der Waals surface area contributed by atoms with Gasteiger partial charge in [0.25, 0.3) is 5.91 Å². The summed E-state index contributed by atoms with van der Waals surface area (Å²) in [6, 6.07) is 9.99. The number of aryl methyl sites for hydroxylation is 1. The predicted octanol–water partition coefficient (Wildman–Crippen LogP) is 3.03. The van der Waals surface area contributed by atoms with E-state index in [1.165, 1.54) is 0 Å². The van der Waals surface area contributed by atoms with Crippen molar-refractivity contribution in [1.29, 1.82) is 0 Å². The van der Waals surface area contributed by atoms with E-state index >= 15 is 0 Å². The molecule has 2 rings (SSSR count). The molecule has 2 aromatic rings. The van der Waals surface area contributed by atoms with Crippen LogP contribution in [0.4, 0.5) is 0 Å². The van der Waals surface area contributed by atoms with Gasteiger partial charge in [-0.15, -0.1) is 5.10 Å². The van der Waals surface area contributed by atoms with Crippen molar-refractivity contribution in [2.24, 2.45) is 0 Å². The average molecular weight is 286 g/mol. The highest BCUT2D eigenvalue weighted by Gasteiger charge is 2.18. The fourth-order valence-corrected chi connectivity index (χ4v) is 2.26. The Labute approximate surface area is 125 Å². The molecule has 1 atom stereocenters. The van der Waals surface area contributed by atoms with Crippen molar-refractivity contribution in [3.8, 4) is 0 Å². The third-order valence-corrected chi connectivity index (χ3v) is 3.31. The zero-order valence-corrected chi connectivity index (χ0v) is 12.6. The molecule has 1 aromatic carbocycles. The number of nitrogens with zero attached hydrogens (tertiary/aromatic N) is 2. The van der Waals surface area contributed by atoms with Crippen molar-refractivity contribution in [3.63, 3.8) is 0 Å².